The summed E-state index contributed by atoms with van der Waals surface area (Å²) in [4.78, 5) is 42.5. The Labute approximate surface area is 233 Å². The van der Waals surface area contributed by atoms with E-state index in [1.165, 1.54) is 11.0 Å². The van der Waals surface area contributed by atoms with Gasteiger partial charge in [0.05, 0.1) is 0 Å². The van der Waals surface area contributed by atoms with Crippen molar-refractivity contribution in [2.75, 3.05) is 0 Å². The summed E-state index contributed by atoms with van der Waals surface area (Å²) in [5.74, 6) is -0.908. The molecule has 0 saturated carbocycles. The summed E-state index contributed by atoms with van der Waals surface area (Å²) in [6, 6.07) is 13.3. The largest absolute Gasteiger partial charge is 0.508 e. The molecule has 3 amide bonds. The van der Waals surface area contributed by atoms with Gasteiger partial charge < -0.3 is 25.4 Å². The van der Waals surface area contributed by atoms with Gasteiger partial charge in [0.2, 0.25) is 11.8 Å². The van der Waals surface area contributed by atoms with Gasteiger partial charge in [-0.1, -0.05) is 68.8 Å². The van der Waals surface area contributed by atoms with E-state index in [-0.39, 0.29) is 30.2 Å². The number of aromatic hydroxyl groups is 1. The SMILES string of the molecule is CCCC(C)NC(=O)C(c1ccccc1O)N(C(=O)C(Cc1ccccc1)NC(=O)OC(C)(C)C)C(C)CC. The van der Waals surface area contributed by atoms with Gasteiger partial charge >= 0.3 is 6.09 Å². The molecule has 214 valence electrons. The smallest absolute Gasteiger partial charge is 0.408 e. The van der Waals surface area contributed by atoms with Crippen molar-refractivity contribution in [3.8, 4) is 5.75 Å². The number of nitrogens with zero attached hydrogens (tertiary/aromatic N) is 1. The Balaban J connectivity index is 2.59. The minimum atomic E-state index is -1.10. The number of carbonyl (C=O) groups excluding carboxylic acids is 3. The van der Waals surface area contributed by atoms with Crippen LogP contribution in [-0.4, -0.2) is 51.6 Å². The van der Waals surface area contributed by atoms with Crippen LogP contribution in [0.25, 0.3) is 0 Å². The van der Waals surface area contributed by atoms with Crippen LogP contribution >= 0.6 is 0 Å². The van der Waals surface area contributed by atoms with Gasteiger partial charge in [0.1, 0.15) is 23.4 Å². The van der Waals surface area contributed by atoms with Crippen molar-refractivity contribution < 1.29 is 24.2 Å². The number of ether oxygens (including phenoxy) is 1. The maximum absolute atomic E-state index is 14.4. The molecular weight excluding hydrogens is 494 g/mol. The van der Waals surface area contributed by atoms with Gasteiger partial charge in [-0.25, -0.2) is 4.79 Å². The molecule has 2 rings (SSSR count). The number of phenols is 1. The summed E-state index contributed by atoms with van der Waals surface area (Å²) in [7, 11) is 0. The number of hydrogen-bond donors (Lipinski definition) is 3. The Kier molecular flexibility index (Phi) is 11.8. The molecule has 8 nitrogen and oxygen atoms in total. The van der Waals surface area contributed by atoms with Crippen molar-refractivity contribution in [2.45, 2.75) is 104 Å². The van der Waals surface area contributed by atoms with Crippen molar-refractivity contribution in [3.05, 3.63) is 65.7 Å². The van der Waals surface area contributed by atoms with E-state index in [1.807, 2.05) is 58.0 Å². The monoisotopic (exact) mass is 539 g/mol. The summed E-state index contributed by atoms with van der Waals surface area (Å²) in [6.45, 7) is 13.0. The Morgan fingerprint density at radius 3 is 2.13 bits per heavy atom. The van der Waals surface area contributed by atoms with Crippen LogP contribution in [0.4, 0.5) is 4.79 Å². The lowest BCUT2D eigenvalue weighted by atomic mass is 9.97. The van der Waals surface area contributed by atoms with Crippen LogP contribution in [0.2, 0.25) is 0 Å². The first kappa shape index (κ1) is 31.7. The first-order chi connectivity index (χ1) is 18.4. The molecule has 4 atom stereocenters. The second-order valence-electron chi connectivity index (χ2n) is 11.1. The number of phenolic OH excluding ortho intramolecular Hbond substituents is 1. The fraction of sp³-hybridized carbons (Fsp3) is 0.516. The van der Waals surface area contributed by atoms with Crippen LogP contribution in [0.15, 0.2) is 54.6 Å². The second kappa shape index (κ2) is 14.6. The predicted molar refractivity (Wildman–Crippen MR) is 153 cm³/mol. The first-order valence-corrected chi connectivity index (χ1v) is 13.8. The van der Waals surface area contributed by atoms with Crippen LogP contribution in [-0.2, 0) is 20.7 Å². The maximum Gasteiger partial charge on any atom is 0.408 e. The number of para-hydroxylation sites is 1. The Morgan fingerprint density at radius 1 is 0.949 bits per heavy atom. The number of carbonyl (C=O) groups is 3. The fourth-order valence-corrected chi connectivity index (χ4v) is 4.44. The van der Waals surface area contributed by atoms with Crippen LogP contribution in [0, 0.1) is 0 Å². The molecule has 2 aromatic rings. The quantitative estimate of drug-likeness (QED) is 0.330. The molecule has 0 spiro atoms. The zero-order valence-electron chi connectivity index (χ0n) is 24.4. The van der Waals surface area contributed by atoms with Crippen molar-refractivity contribution in [1.82, 2.24) is 15.5 Å². The Morgan fingerprint density at radius 2 is 1.56 bits per heavy atom. The molecule has 0 fully saturated rings. The van der Waals surface area contributed by atoms with Crippen molar-refractivity contribution in [3.63, 3.8) is 0 Å². The Hall–Kier alpha value is -3.55. The molecule has 0 aliphatic rings. The van der Waals surface area contributed by atoms with Crippen LogP contribution < -0.4 is 10.6 Å². The molecule has 0 aliphatic carbocycles. The summed E-state index contributed by atoms with van der Waals surface area (Å²) in [6.07, 6.45) is 1.69. The van der Waals surface area contributed by atoms with E-state index < -0.39 is 29.7 Å². The van der Waals surface area contributed by atoms with E-state index in [2.05, 4.69) is 10.6 Å². The van der Waals surface area contributed by atoms with Crippen LogP contribution in [0.3, 0.4) is 0 Å². The lowest BCUT2D eigenvalue weighted by Crippen LogP contribution is -2.56. The van der Waals surface area contributed by atoms with Crippen molar-refractivity contribution >= 4 is 17.9 Å². The van der Waals surface area contributed by atoms with Gasteiger partial charge in [-0.3, -0.25) is 9.59 Å². The van der Waals surface area contributed by atoms with E-state index >= 15 is 0 Å². The van der Waals surface area contributed by atoms with Gasteiger partial charge in [-0.2, -0.15) is 0 Å². The molecule has 3 N–H and O–H groups in total. The highest BCUT2D eigenvalue weighted by Crippen LogP contribution is 2.32. The minimum Gasteiger partial charge on any atom is -0.508 e. The summed E-state index contributed by atoms with van der Waals surface area (Å²) < 4.78 is 5.47. The fourth-order valence-electron chi connectivity index (χ4n) is 4.44. The highest BCUT2D eigenvalue weighted by molar-refractivity contribution is 5.93. The lowest BCUT2D eigenvalue weighted by molar-refractivity contribution is -0.145. The average molecular weight is 540 g/mol. The number of benzene rings is 2. The second-order valence-corrected chi connectivity index (χ2v) is 11.1. The molecular formula is C31H45N3O5. The van der Waals surface area contributed by atoms with E-state index in [9.17, 15) is 19.5 Å². The number of rotatable bonds is 12. The maximum atomic E-state index is 14.4. The number of amides is 3. The lowest BCUT2D eigenvalue weighted by Gasteiger charge is -2.38. The standard InChI is InChI=1S/C31H45N3O5/c1-8-15-21(3)32-28(36)27(24-18-13-14-19-26(24)35)34(22(4)9-2)29(37)25(20-23-16-11-10-12-17-23)33-30(38)39-31(5,6)7/h10-14,16-19,21-22,25,27,35H,8-9,15,20H2,1-7H3,(H,32,36)(H,33,38). The van der Waals surface area contributed by atoms with Gasteiger partial charge in [-0.15, -0.1) is 0 Å². The molecule has 0 aliphatic heterocycles. The molecule has 4 unspecified atom stereocenters. The zero-order valence-corrected chi connectivity index (χ0v) is 24.4. The summed E-state index contributed by atoms with van der Waals surface area (Å²) in [5, 5.41) is 16.6. The highest BCUT2D eigenvalue weighted by Gasteiger charge is 2.39. The van der Waals surface area contributed by atoms with E-state index in [4.69, 9.17) is 4.74 Å². The van der Waals surface area contributed by atoms with E-state index in [0.717, 1.165) is 18.4 Å². The third-order valence-electron chi connectivity index (χ3n) is 6.46. The number of nitrogens with one attached hydrogen (secondary N) is 2. The third kappa shape index (κ3) is 9.61. The Bertz CT molecular complexity index is 1080. The highest BCUT2D eigenvalue weighted by atomic mass is 16.6. The molecule has 0 aromatic heterocycles. The van der Waals surface area contributed by atoms with Crippen molar-refractivity contribution in [1.29, 1.82) is 0 Å². The van der Waals surface area contributed by atoms with Crippen molar-refractivity contribution in [2.24, 2.45) is 0 Å². The third-order valence-corrected chi connectivity index (χ3v) is 6.46. The molecule has 0 heterocycles. The molecule has 2 aromatic carbocycles. The van der Waals surface area contributed by atoms with Gasteiger partial charge in [0.25, 0.3) is 0 Å². The van der Waals surface area contributed by atoms with Gasteiger partial charge in [-0.05, 0) is 59.1 Å². The minimum absolute atomic E-state index is 0.0818. The predicted octanol–water partition coefficient (Wildman–Crippen LogP) is 5.50. The topological polar surface area (TPSA) is 108 Å². The van der Waals surface area contributed by atoms with Gasteiger partial charge in [0, 0.05) is 24.1 Å². The summed E-state index contributed by atoms with van der Waals surface area (Å²) in [5.41, 5.74) is 0.410. The molecule has 0 saturated heterocycles. The summed E-state index contributed by atoms with van der Waals surface area (Å²) >= 11 is 0. The van der Waals surface area contributed by atoms with Crippen LogP contribution in [0.5, 0.6) is 5.75 Å². The molecule has 0 radical (unpaired) electrons. The van der Waals surface area contributed by atoms with E-state index in [1.54, 1.807) is 39.0 Å². The normalized spacial score (nSPS) is 14.4. The number of alkyl carbamates (subject to hydrolysis) is 1. The average Bonchev–Trinajstić information content (AvgIpc) is 2.86. The molecule has 0 bridgehead atoms. The molecule has 39 heavy (non-hydrogen) atoms. The number of hydrogen-bond acceptors (Lipinski definition) is 5. The van der Waals surface area contributed by atoms with Gasteiger partial charge in [0.15, 0.2) is 0 Å². The first-order valence-electron chi connectivity index (χ1n) is 13.8. The van der Waals surface area contributed by atoms with Crippen LogP contribution in [0.1, 0.15) is 84.9 Å². The van der Waals surface area contributed by atoms with E-state index in [0.29, 0.717) is 12.0 Å². The zero-order chi connectivity index (χ0) is 29.2. The molecule has 8 heteroatoms.